The van der Waals surface area contributed by atoms with E-state index in [1.165, 1.54) is 12.1 Å². The van der Waals surface area contributed by atoms with Crippen molar-refractivity contribution in [2.24, 2.45) is 0 Å². The van der Waals surface area contributed by atoms with Crippen LogP contribution in [0.5, 0.6) is 0 Å². The Morgan fingerprint density at radius 3 is 2.40 bits per heavy atom. The van der Waals surface area contributed by atoms with E-state index in [9.17, 15) is 12.8 Å². The Kier molecular flexibility index (Phi) is 5.41. The number of furan rings is 1. The van der Waals surface area contributed by atoms with Crippen molar-refractivity contribution in [2.45, 2.75) is 6.04 Å². The number of halogens is 1. The summed E-state index contributed by atoms with van der Waals surface area (Å²) in [5.41, 5.74) is 0.991. The maximum atomic E-state index is 13.1. The van der Waals surface area contributed by atoms with Gasteiger partial charge in [0.25, 0.3) is 0 Å². The van der Waals surface area contributed by atoms with Crippen LogP contribution in [0.4, 0.5) is 10.1 Å². The van der Waals surface area contributed by atoms with Crippen LogP contribution in [-0.4, -0.2) is 52.3 Å². The van der Waals surface area contributed by atoms with Gasteiger partial charge in [-0.3, -0.25) is 4.90 Å². The van der Waals surface area contributed by atoms with Crippen molar-refractivity contribution in [3.05, 3.63) is 54.2 Å². The first kappa shape index (κ1) is 17.9. The van der Waals surface area contributed by atoms with Crippen LogP contribution >= 0.6 is 0 Å². The van der Waals surface area contributed by atoms with Crippen LogP contribution in [-0.2, 0) is 10.0 Å². The highest BCUT2D eigenvalue weighted by atomic mass is 32.2. The number of anilines is 1. The van der Waals surface area contributed by atoms with Crippen molar-refractivity contribution >= 4 is 15.7 Å². The van der Waals surface area contributed by atoms with Crippen LogP contribution in [0.1, 0.15) is 11.8 Å². The number of hydrogen-bond acceptors (Lipinski definition) is 5. The summed E-state index contributed by atoms with van der Waals surface area (Å²) in [5, 5.41) is 0. The molecule has 1 fully saturated rings. The molecule has 0 saturated carbocycles. The lowest BCUT2D eigenvalue weighted by atomic mass is 10.1. The van der Waals surface area contributed by atoms with Gasteiger partial charge in [0.15, 0.2) is 0 Å². The molecule has 0 radical (unpaired) electrons. The normalized spacial score (nSPS) is 17.6. The molecule has 136 valence electrons. The monoisotopic (exact) mass is 367 g/mol. The molecule has 0 unspecified atom stereocenters. The molecule has 2 aromatic rings. The molecule has 1 N–H and O–H groups in total. The molecule has 25 heavy (non-hydrogen) atoms. The van der Waals surface area contributed by atoms with E-state index in [4.69, 9.17) is 4.42 Å². The molecule has 1 saturated heterocycles. The lowest BCUT2D eigenvalue weighted by molar-refractivity contribution is 0.166. The highest BCUT2D eigenvalue weighted by Gasteiger charge is 2.27. The summed E-state index contributed by atoms with van der Waals surface area (Å²) in [5.74, 6) is 0.499. The van der Waals surface area contributed by atoms with Crippen molar-refractivity contribution in [1.29, 1.82) is 0 Å². The molecule has 8 heteroatoms. The van der Waals surface area contributed by atoms with Gasteiger partial charge in [0.05, 0.1) is 18.6 Å². The minimum atomic E-state index is -3.27. The zero-order valence-electron chi connectivity index (χ0n) is 14.1. The minimum absolute atomic E-state index is 0.153. The number of nitrogens with one attached hydrogen (secondary N) is 1. The van der Waals surface area contributed by atoms with Gasteiger partial charge in [-0.25, -0.2) is 17.5 Å². The Balaban J connectivity index is 1.66. The van der Waals surface area contributed by atoms with Crippen molar-refractivity contribution in [1.82, 2.24) is 9.62 Å². The van der Waals surface area contributed by atoms with Gasteiger partial charge in [0, 0.05) is 38.4 Å². The number of benzene rings is 1. The molecule has 1 aliphatic rings. The average Bonchev–Trinajstić information content (AvgIpc) is 3.10. The number of sulfonamides is 1. The lowest BCUT2D eigenvalue weighted by Crippen LogP contribution is -2.49. The third-order valence-corrected chi connectivity index (χ3v) is 5.05. The van der Waals surface area contributed by atoms with E-state index in [-0.39, 0.29) is 18.4 Å². The minimum Gasteiger partial charge on any atom is -0.468 e. The van der Waals surface area contributed by atoms with Crippen LogP contribution in [0, 0.1) is 5.82 Å². The summed E-state index contributed by atoms with van der Waals surface area (Å²) in [7, 11) is -3.27. The van der Waals surface area contributed by atoms with Gasteiger partial charge in [-0.2, -0.15) is 0 Å². The molecule has 1 aromatic carbocycles. The van der Waals surface area contributed by atoms with Crippen molar-refractivity contribution < 1.29 is 17.2 Å². The standard InChI is InChI=1S/C17H22FN3O3S/c1-25(22,23)19-13-16(17-3-2-12-24-17)21-10-8-20(9-11-21)15-6-4-14(18)5-7-15/h2-7,12,16,19H,8-11,13H2,1H3/t16-/m1/s1. The fourth-order valence-corrected chi connectivity index (χ4v) is 3.53. The third kappa shape index (κ3) is 4.81. The molecule has 1 aromatic heterocycles. The predicted octanol–water partition coefficient (Wildman–Crippen LogP) is 1.83. The van der Waals surface area contributed by atoms with Crippen LogP contribution in [0.15, 0.2) is 47.1 Å². The van der Waals surface area contributed by atoms with Gasteiger partial charge >= 0.3 is 0 Å². The van der Waals surface area contributed by atoms with E-state index >= 15 is 0 Å². The van der Waals surface area contributed by atoms with Gasteiger partial charge in [-0.05, 0) is 36.4 Å². The topological polar surface area (TPSA) is 65.8 Å². The predicted molar refractivity (Wildman–Crippen MR) is 94.5 cm³/mol. The second-order valence-electron chi connectivity index (χ2n) is 6.15. The van der Waals surface area contributed by atoms with Gasteiger partial charge in [0.1, 0.15) is 11.6 Å². The maximum Gasteiger partial charge on any atom is 0.208 e. The Morgan fingerprint density at radius 2 is 1.84 bits per heavy atom. The van der Waals surface area contributed by atoms with Gasteiger partial charge in [-0.15, -0.1) is 0 Å². The molecule has 0 bridgehead atoms. The summed E-state index contributed by atoms with van der Waals surface area (Å²) >= 11 is 0. The van der Waals surface area contributed by atoms with E-state index in [2.05, 4.69) is 14.5 Å². The van der Waals surface area contributed by atoms with Gasteiger partial charge in [-0.1, -0.05) is 0 Å². The number of nitrogens with zero attached hydrogens (tertiary/aromatic N) is 2. The molecular formula is C17H22FN3O3S. The number of hydrogen-bond donors (Lipinski definition) is 1. The highest BCUT2D eigenvalue weighted by molar-refractivity contribution is 7.88. The second kappa shape index (κ2) is 7.55. The first-order valence-corrected chi connectivity index (χ1v) is 10.0. The fourth-order valence-electron chi connectivity index (χ4n) is 3.06. The van der Waals surface area contributed by atoms with Crippen LogP contribution in [0.25, 0.3) is 0 Å². The van der Waals surface area contributed by atoms with Gasteiger partial charge in [0.2, 0.25) is 10.0 Å². The molecule has 1 atom stereocenters. The van der Waals surface area contributed by atoms with E-state index in [1.54, 1.807) is 24.5 Å². The van der Waals surface area contributed by atoms with E-state index in [0.29, 0.717) is 0 Å². The second-order valence-corrected chi connectivity index (χ2v) is 7.98. The summed E-state index contributed by atoms with van der Waals surface area (Å²) in [4.78, 5) is 4.40. The number of rotatable bonds is 6. The van der Waals surface area contributed by atoms with Crippen molar-refractivity contribution in [2.75, 3.05) is 43.9 Å². The fraction of sp³-hybridized carbons (Fsp3) is 0.412. The largest absolute Gasteiger partial charge is 0.468 e. The van der Waals surface area contributed by atoms with E-state index in [1.807, 2.05) is 6.07 Å². The van der Waals surface area contributed by atoms with Crippen LogP contribution in [0.2, 0.25) is 0 Å². The lowest BCUT2D eigenvalue weighted by Gasteiger charge is -2.39. The third-order valence-electron chi connectivity index (χ3n) is 4.36. The maximum absolute atomic E-state index is 13.1. The Hall–Kier alpha value is -1.90. The van der Waals surface area contributed by atoms with Crippen molar-refractivity contribution in [3.8, 4) is 0 Å². The molecule has 3 rings (SSSR count). The Bertz CT molecular complexity index is 770. The first-order valence-electron chi connectivity index (χ1n) is 8.15. The van der Waals surface area contributed by atoms with Crippen LogP contribution in [0.3, 0.4) is 0 Å². The van der Waals surface area contributed by atoms with Gasteiger partial charge < -0.3 is 9.32 Å². The van der Waals surface area contributed by atoms with Crippen LogP contribution < -0.4 is 9.62 Å². The molecular weight excluding hydrogens is 345 g/mol. The average molecular weight is 367 g/mol. The van der Waals surface area contributed by atoms with E-state index in [0.717, 1.165) is 43.9 Å². The molecule has 0 amide bonds. The highest BCUT2D eigenvalue weighted by Crippen LogP contribution is 2.24. The summed E-state index contributed by atoms with van der Waals surface area (Å²) < 4.78 is 44.1. The molecule has 2 heterocycles. The molecule has 1 aliphatic heterocycles. The SMILES string of the molecule is CS(=O)(=O)NC[C@H](c1ccco1)N1CCN(c2ccc(F)cc2)CC1. The molecule has 0 aliphatic carbocycles. The van der Waals surface area contributed by atoms with E-state index < -0.39 is 10.0 Å². The quantitative estimate of drug-likeness (QED) is 0.844. The zero-order valence-corrected chi connectivity index (χ0v) is 14.9. The zero-order chi connectivity index (χ0) is 17.9. The number of piperazine rings is 1. The summed E-state index contributed by atoms with van der Waals surface area (Å²) in [6.07, 6.45) is 2.75. The smallest absolute Gasteiger partial charge is 0.208 e. The molecule has 0 spiro atoms. The Morgan fingerprint density at radius 1 is 1.16 bits per heavy atom. The van der Waals surface area contributed by atoms with Crippen molar-refractivity contribution in [3.63, 3.8) is 0 Å². The summed E-state index contributed by atoms with van der Waals surface area (Å²) in [6.45, 7) is 3.34. The molecule has 6 nitrogen and oxygen atoms in total. The first-order chi connectivity index (χ1) is 11.9. The summed E-state index contributed by atoms with van der Waals surface area (Å²) in [6, 6.07) is 9.99. The Labute approximate surface area is 147 Å².